The molecule has 0 atom stereocenters. The van der Waals surface area contributed by atoms with E-state index in [1.54, 1.807) is 30.3 Å². The van der Waals surface area contributed by atoms with Gasteiger partial charge in [-0.25, -0.2) is 26.3 Å². The van der Waals surface area contributed by atoms with Gasteiger partial charge >= 0.3 is 0 Å². The summed E-state index contributed by atoms with van der Waals surface area (Å²) in [5.74, 6) is 0.119. The summed E-state index contributed by atoms with van der Waals surface area (Å²) in [5, 5.41) is 0. The van der Waals surface area contributed by atoms with Crippen LogP contribution in [0.4, 0.5) is 0 Å². The van der Waals surface area contributed by atoms with Crippen LogP contribution in [0.5, 0.6) is 0 Å². The van der Waals surface area contributed by atoms with Crippen LogP contribution >= 0.6 is 0 Å². The van der Waals surface area contributed by atoms with Gasteiger partial charge in [-0.05, 0) is 24.3 Å². The van der Waals surface area contributed by atoms with Crippen LogP contribution in [0, 0.1) is 0 Å². The highest BCUT2D eigenvalue weighted by molar-refractivity contribution is 7.90. The average molecular weight is 344 g/mol. The second kappa shape index (κ2) is 7.05. The van der Waals surface area contributed by atoms with Crippen LogP contribution in [0.1, 0.15) is 5.76 Å². The standard InChI is InChI=1S/C13H16N2O5S2/c16-21(17,15-11-12-5-4-9-20-12)10-8-14-22(18,19)13-6-2-1-3-7-13/h1-7,9,14-15H,8,10-11H2. The van der Waals surface area contributed by atoms with E-state index in [0.717, 1.165) is 0 Å². The number of hydrogen-bond acceptors (Lipinski definition) is 5. The number of hydrogen-bond donors (Lipinski definition) is 2. The van der Waals surface area contributed by atoms with Gasteiger partial charge in [-0.3, -0.25) is 0 Å². The molecule has 2 aromatic rings. The molecule has 0 saturated heterocycles. The van der Waals surface area contributed by atoms with E-state index in [9.17, 15) is 16.8 Å². The summed E-state index contributed by atoms with van der Waals surface area (Å²) in [6, 6.07) is 11.0. The molecule has 0 radical (unpaired) electrons. The van der Waals surface area contributed by atoms with E-state index in [1.807, 2.05) is 0 Å². The number of furan rings is 1. The quantitative estimate of drug-likeness (QED) is 0.732. The molecule has 0 fully saturated rings. The second-order valence-corrected chi connectivity index (χ2v) is 8.12. The van der Waals surface area contributed by atoms with Gasteiger partial charge in [0.15, 0.2) is 0 Å². The Labute approximate surface area is 129 Å². The zero-order chi connectivity index (χ0) is 16.1. The third-order valence-electron chi connectivity index (χ3n) is 2.76. The molecule has 9 heteroatoms. The molecule has 0 aliphatic carbocycles. The largest absolute Gasteiger partial charge is 0.468 e. The first-order valence-electron chi connectivity index (χ1n) is 6.43. The lowest BCUT2D eigenvalue weighted by Crippen LogP contribution is -2.34. The predicted molar refractivity (Wildman–Crippen MR) is 81.0 cm³/mol. The monoisotopic (exact) mass is 344 g/mol. The third-order valence-corrected chi connectivity index (χ3v) is 5.57. The minimum Gasteiger partial charge on any atom is -0.468 e. The van der Waals surface area contributed by atoms with Gasteiger partial charge in [0.25, 0.3) is 0 Å². The van der Waals surface area contributed by atoms with Crippen LogP contribution in [-0.2, 0) is 26.6 Å². The number of rotatable bonds is 8. The van der Waals surface area contributed by atoms with E-state index in [1.165, 1.54) is 18.4 Å². The summed E-state index contributed by atoms with van der Waals surface area (Å²) in [6.07, 6.45) is 1.44. The van der Waals surface area contributed by atoms with Crippen molar-refractivity contribution in [2.75, 3.05) is 12.3 Å². The number of benzene rings is 1. The highest BCUT2D eigenvalue weighted by atomic mass is 32.2. The average Bonchev–Trinajstić information content (AvgIpc) is 2.99. The fraction of sp³-hybridized carbons (Fsp3) is 0.231. The summed E-state index contributed by atoms with van der Waals surface area (Å²) in [7, 11) is -7.30. The molecule has 0 spiro atoms. The molecule has 2 N–H and O–H groups in total. The Hall–Kier alpha value is -1.68. The van der Waals surface area contributed by atoms with Gasteiger partial charge in [0.2, 0.25) is 20.0 Å². The fourth-order valence-corrected chi connectivity index (χ4v) is 3.72. The van der Waals surface area contributed by atoms with Crippen LogP contribution in [0.15, 0.2) is 58.0 Å². The second-order valence-electron chi connectivity index (χ2n) is 4.43. The molecule has 22 heavy (non-hydrogen) atoms. The molecule has 0 amide bonds. The van der Waals surface area contributed by atoms with Crippen molar-refractivity contribution in [3.8, 4) is 0 Å². The SMILES string of the molecule is O=S(=O)(CCNS(=O)(=O)c1ccccc1)NCc1ccco1. The molecule has 0 unspecified atom stereocenters. The summed E-state index contributed by atoms with van der Waals surface area (Å²) in [6.45, 7) is -0.189. The van der Waals surface area contributed by atoms with Gasteiger partial charge < -0.3 is 4.42 Å². The molecule has 0 aliphatic heterocycles. The Balaban J connectivity index is 1.84. The Morgan fingerprint density at radius 1 is 0.909 bits per heavy atom. The van der Waals surface area contributed by atoms with Crippen LogP contribution < -0.4 is 9.44 Å². The van der Waals surface area contributed by atoms with E-state index in [-0.39, 0.29) is 23.7 Å². The first-order chi connectivity index (χ1) is 10.4. The maximum Gasteiger partial charge on any atom is 0.240 e. The minimum atomic E-state index is -3.70. The van der Waals surface area contributed by atoms with Gasteiger partial charge in [0.05, 0.1) is 23.5 Å². The van der Waals surface area contributed by atoms with Crippen LogP contribution in [0.2, 0.25) is 0 Å². The van der Waals surface area contributed by atoms with Crippen molar-refractivity contribution in [1.29, 1.82) is 0 Å². The maximum atomic E-state index is 11.9. The first kappa shape index (κ1) is 16.7. The van der Waals surface area contributed by atoms with Crippen molar-refractivity contribution in [2.24, 2.45) is 0 Å². The molecular formula is C13H16N2O5S2. The van der Waals surface area contributed by atoms with Gasteiger partial charge in [-0.15, -0.1) is 0 Å². The minimum absolute atomic E-state index is 0.0285. The molecule has 0 aliphatic rings. The van der Waals surface area contributed by atoms with Crippen molar-refractivity contribution in [2.45, 2.75) is 11.4 Å². The zero-order valence-electron chi connectivity index (χ0n) is 11.6. The van der Waals surface area contributed by atoms with E-state index >= 15 is 0 Å². The molecule has 1 aromatic heterocycles. The molecule has 120 valence electrons. The van der Waals surface area contributed by atoms with Gasteiger partial charge in [0.1, 0.15) is 5.76 Å². The number of sulfonamides is 2. The molecule has 1 heterocycles. The van der Waals surface area contributed by atoms with Crippen molar-refractivity contribution < 1.29 is 21.3 Å². The van der Waals surface area contributed by atoms with E-state index in [4.69, 9.17) is 4.42 Å². The molecule has 1 aromatic carbocycles. The van der Waals surface area contributed by atoms with Gasteiger partial charge in [-0.1, -0.05) is 18.2 Å². The Bertz CT molecular complexity index is 784. The van der Waals surface area contributed by atoms with Gasteiger partial charge in [0, 0.05) is 6.54 Å². The molecular weight excluding hydrogens is 328 g/mol. The highest BCUT2D eigenvalue weighted by Gasteiger charge is 2.16. The molecule has 7 nitrogen and oxygen atoms in total. The number of nitrogens with one attached hydrogen (secondary N) is 2. The Kier molecular flexibility index (Phi) is 5.35. The van der Waals surface area contributed by atoms with Crippen LogP contribution in [-0.4, -0.2) is 29.1 Å². The first-order valence-corrected chi connectivity index (χ1v) is 9.57. The van der Waals surface area contributed by atoms with Crippen molar-refractivity contribution in [3.63, 3.8) is 0 Å². The van der Waals surface area contributed by atoms with E-state index < -0.39 is 20.0 Å². The van der Waals surface area contributed by atoms with E-state index in [0.29, 0.717) is 5.76 Å². The van der Waals surface area contributed by atoms with E-state index in [2.05, 4.69) is 9.44 Å². The molecule has 0 saturated carbocycles. The van der Waals surface area contributed by atoms with Crippen molar-refractivity contribution in [3.05, 3.63) is 54.5 Å². The lowest BCUT2D eigenvalue weighted by Gasteiger charge is -2.08. The Morgan fingerprint density at radius 3 is 2.27 bits per heavy atom. The fourth-order valence-electron chi connectivity index (χ4n) is 1.66. The van der Waals surface area contributed by atoms with Gasteiger partial charge in [-0.2, -0.15) is 0 Å². The highest BCUT2D eigenvalue weighted by Crippen LogP contribution is 2.06. The van der Waals surface area contributed by atoms with Crippen molar-refractivity contribution in [1.82, 2.24) is 9.44 Å². The van der Waals surface area contributed by atoms with Crippen LogP contribution in [0.3, 0.4) is 0 Å². The van der Waals surface area contributed by atoms with Crippen LogP contribution in [0.25, 0.3) is 0 Å². The molecule has 0 bridgehead atoms. The summed E-state index contributed by atoms with van der Waals surface area (Å²) in [4.78, 5) is 0.0935. The lowest BCUT2D eigenvalue weighted by molar-refractivity contribution is 0.498. The lowest BCUT2D eigenvalue weighted by atomic mass is 10.4. The normalized spacial score (nSPS) is 12.4. The Morgan fingerprint density at radius 2 is 1.64 bits per heavy atom. The topological polar surface area (TPSA) is 105 Å². The maximum absolute atomic E-state index is 11.9. The summed E-state index contributed by atoms with van der Waals surface area (Å²) >= 11 is 0. The zero-order valence-corrected chi connectivity index (χ0v) is 13.2. The molecule has 2 rings (SSSR count). The predicted octanol–water partition coefficient (Wildman–Crippen LogP) is 0.677. The third kappa shape index (κ3) is 4.95. The summed E-state index contributed by atoms with van der Waals surface area (Å²) < 4.78 is 57.0. The smallest absolute Gasteiger partial charge is 0.240 e. The summed E-state index contributed by atoms with van der Waals surface area (Å²) in [5.41, 5.74) is 0. The van der Waals surface area contributed by atoms with Crippen molar-refractivity contribution >= 4 is 20.0 Å².